The Morgan fingerprint density at radius 3 is 2.77 bits per heavy atom. The van der Waals surface area contributed by atoms with Crippen LogP contribution in [0.5, 0.6) is 0 Å². The number of carbonyl (C=O) groups excluding carboxylic acids is 2. The van der Waals surface area contributed by atoms with Crippen LogP contribution in [0.25, 0.3) is 0 Å². The molecule has 2 aliphatic rings. The SMILES string of the molecule is O=C(NCc1ccc(F)cc1F)[C@H]1CN(Cc2ccccc2)C[C@@]12OCCNC2=O. The van der Waals surface area contributed by atoms with Gasteiger partial charge in [0.1, 0.15) is 11.6 Å². The van der Waals surface area contributed by atoms with Crippen LogP contribution in [0.1, 0.15) is 11.1 Å². The first-order chi connectivity index (χ1) is 14.5. The van der Waals surface area contributed by atoms with Crippen molar-refractivity contribution in [2.45, 2.75) is 18.7 Å². The van der Waals surface area contributed by atoms with E-state index in [4.69, 9.17) is 4.74 Å². The highest BCUT2D eigenvalue weighted by molar-refractivity contribution is 5.94. The zero-order valence-electron chi connectivity index (χ0n) is 16.4. The molecule has 2 aromatic rings. The third-order valence-corrected chi connectivity index (χ3v) is 5.63. The first-order valence-electron chi connectivity index (χ1n) is 9.88. The molecule has 2 heterocycles. The summed E-state index contributed by atoms with van der Waals surface area (Å²) in [4.78, 5) is 27.8. The van der Waals surface area contributed by atoms with Crippen molar-refractivity contribution in [1.29, 1.82) is 0 Å². The summed E-state index contributed by atoms with van der Waals surface area (Å²) in [5.74, 6) is -2.86. The molecule has 8 heteroatoms. The summed E-state index contributed by atoms with van der Waals surface area (Å²) in [6, 6.07) is 13.0. The maximum atomic E-state index is 13.9. The molecule has 158 valence electrons. The van der Waals surface area contributed by atoms with Crippen LogP contribution in [-0.4, -0.2) is 48.6 Å². The van der Waals surface area contributed by atoms with Crippen LogP contribution in [0.3, 0.4) is 0 Å². The Kier molecular flexibility index (Phi) is 5.78. The van der Waals surface area contributed by atoms with Crippen molar-refractivity contribution >= 4 is 11.8 Å². The molecule has 2 fully saturated rings. The van der Waals surface area contributed by atoms with Gasteiger partial charge in [-0.2, -0.15) is 0 Å². The molecule has 0 aromatic heterocycles. The lowest BCUT2D eigenvalue weighted by molar-refractivity contribution is -0.163. The smallest absolute Gasteiger partial charge is 0.254 e. The Hall–Kier alpha value is -2.84. The second-order valence-corrected chi connectivity index (χ2v) is 7.66. The summed E-state index contributed by atoms with van der Waals surface area (Å²) in [7, 11) is 0. The molecule has 6 nitrogen and oxygen atoms in total. The summed E-state index contributed by atoms with van der Waals surface area (Å²) in [6.45, 7) is 1.82. The van der Waals surface area contributed by atoms with E-state index in [0.717, 1.165) is 17.7 Å². The number of nitrogens with zero attached hydrogens (tertiary/aromatic N) is 1. The minimum Gasteiger partial charge on any atom is -0.361 e. The zero-order valence-corrected chi connectivity index (χ0v) is 16.4. The van der Waals surface area contributed by atoms with E-state index in [1.165, 1.54) is 6.07 Å². The van der Waals surface area contributed by atoms with E-state index in [-0.39, 0.29) is 24.6 Å². The number of hydrogen-bond acceptors (Lipinski definition) is 4. The topological polar surface area (TPSA) is 70.7 Å². The van der Waals surface area contributed by atoms with Crippen LogP contribution in [0, 0.1) is 17.6 Å². The summed E-state index contributed by atoms with van der Waals surface area (Å²) in [6.07, 6.45) is 0. The number of nitrogens with one attached hydrogen (secondary N) is 2. The number of benzene rings is 2. The molecule has 4 rings (SSSR count). The van der Waals surface area contributed by atoms with Crippen LogP contribution in [-0.2, 0) is 27.4 Å². The summed E-state index contributed by atoms with van der Waals surface area (Å²) < 4.78 is 32.9. The predicted octanol–water partition coefficient (Wildman–Crippen LogP) is 1.60. The fourth-order valence-corrected chi connectivity index (χ4v) is 4.13. The van der Waals surface area contributed by atoms with Crippen molar-refractivity contribution in [2.24, 2.45) is 5.92 Å². The van der Waals surface area contributed by atoms with Crippen molar-refractivity contribution in [3.63, 3.8) is 0 Å². The Balaban J connectivity index is 1.50. The zero-order chi connectivity index (χ0) is 21.1. The predicted molar refractivity (Wildman–Crippen MR) is 105 cm³/mol. The van der Waals surface area contributed by atoms with Gasteiger partial charge in [0.25, 0.3) is 5.91 Å². The average Bonchev–Trinajstić information content (AvgIpc) is 3.09. The van der Waals surface area contributed by atoms with Crippen LogP contribution in [0.4, 0.5) is 8.78 Å². The lowest BCUT2D eigenvalue weighted by Gasteiger charge is -2.36. The van der Waals surface area contributed by atoms with Gasteiger partial charge in [-0.05, 0) is 11.6 Å². The standard InChI is InChI=1S/C22H23F2N3O3/c23-17-7-6-16(19(24)10-17)11-26-20(28)18-13-27(12-15-4-2-1-3-5-15)14-22(18)21(29)25-8-9-30-22/h1-7,10,18H,8-9,11-14H2,(H,25,29)(H,26,28)/t18-,22-/m1/s1. The summed E-state index contributed by atoms with van der Waals surface area (Å²) in [5, 5.41) is 5.49. The van der Waals surface area contributed by atoms with E-state index in [1.807, 2.05) is 35.2 Å². The average molecular weight is 415 g/mol. The minimum atomic E-state index is -1.28. The molecule has 1 spiro atoms. The van der Waals surface area contributed by atoms with E-state index in [2.05, 4.69) is 10.6 Å². The molecule has 2 atom stereocenters. The van der Waals surface area contributed by atoms with Crippen molar-refractivity contribution in [3.05, 3.63) is 71.3 Å². The highest BCUT2D eigenvalue weighted by Gasteiger charge is 2.57. The molecule has 0 bridgehead atoms. The fraction of sp³-hybridized carbons (Fsp3) is 0.364. The lowest BCUT2D eigenvalue weighted by Crippen LogP contribution is -2.61. The maximum absolute atomic E-state index is 13.9. The first-order valence-corrected chi connectivity index (χ1v) is 9.88. The van der Waals surface area contributed by atoms with Gasteiger partial charge in [-0.3, -0.25) is 14.5 Å². The lowest BCUT2D eigenvalue weighted by atomic mass is 9.87. The van der Waals surface area contributed by atoms with Crippen molar-refractivity contribution in [3.8, 4) is 0 Å². The Labute approximate surface area is 173 Å². The fourth-order valence-electron chi connectivity index (χ4n) is 4.13. The monoisotopic (exact) mass is 415 g/mol. The quantitative estimate of drug-likeness (QED) is 0.778. The molecule has 0 aliphatic carbocycles. The van der Waals surface area contributed by atoms with Gasteiger partial charge < -0.3 is 15.4 Å². The van der Waals surface area contributed by atoms with Crippen LogP contribution >= 0.6 is 0 Å². The van der Waals surface area contributed by atoms with Gasteiger partial charge in [0.15, 0.2) is 5.60 Å². The van der Waals surface area contributed by atoms with Gasteiger partial charge in [-0.25, -0.2) is 8.78 Å². The highest BCUT2D eigenvalue weighted by atomic mass is 19.1. The molecule has 0 saturated carbocycles. The van der Waals surface area contributed by atoms with Crippen molar-refractivity contribution in [1.82, 2.24) is 15.5 Å². The third-order valence-electron chi connectivity index (χ3n) is 5.63. The minimum absolute atomic E-state index is 0.0994. The van der Waals surface area contributed by atoms with E-state index in [9.17, 15) is 18.4 Å². The van der Waals surface area contributed by atoms with E-state index in [1.54, 1.807) is 0 Å². The van der Waals surface area contributed by atoms with Gasteiger partial charge in [-0.1, -0.05) is 36.4 Å². The summed E-state index contributed by atoms with van der Waals surface area (Å²) in [5.41, 5.74) is -0.0383. The van der Waals surface area contributed by atoms with E-state index >= 15 is 0 Å². The number of rotatable bonds is 5. The number of morpholine rings is 1. The van der Waals surface area contributed by atoms with Gasteiger partial charge in [0, 0.05) is 44.4 Å². The third kappa shape index (κ3) is 4.06. The van der Waals surface area contributed by atoms with Crippen molar-refractivity contribution in [2.75, 3.05) is 26.2 Å². The van der Waals surface area contributed by atoms with E-state index in [0.29, 0.717) is 26.2 Å². The second-order valence-electron chi connectivity index (χ2n) is 7.66. The molecule has 2 saturated heterocycles. The largest absolute Gasteiger partial charge is 0.361 e. The molecule has 0 radical (unpaired) electrons. The molecular weight excluding hydrogens is 392 g/mol. The number of halogens is 2. The number of likely N-dealkylation sites (tertiary alicyclic amines) is 1. The molecule has 2 aromatic carbocycles. The number of carbonyl (C=O) groups is 2. The Morgan fingerprint density at radius 1 is 1.23 bits per heavy atom. The molecule has 2 aliphatic heterocycles. The molecule has 2 N–H and O–H groups in total. The van der Waals surface area contributed by atoms with Crippen LogP contribution in [0.15, 0.2) is 48.5 Å². The summed E-state index contributed by atoms with van der Waals surface area (Å²) >= 11 is 0. The van der Waals surface area contributed by atoms with Gasteiger partial charge in [0.2, 0.25) is 5.91 Å². The van der Waals surface area contributed by atoms with Gasteiger partial charge in [-0.15, -0.1) is 0 Å². The van der Waals surface area contributed by atoms with Crippen molar-refractivity contribution < 1.29 is 23.1 Å². The first kappa shape index (κ1) is 20.4. The number of ether oxygens (including phenoxy) is 1. The normalized spacial score (nSPS) is 24.1. The maximum Gasteiger partial charge on any atom is 0.254 e. The second kappa shape index (κ2) is 8.49. The van der Waals surface area contributed by atoms with E-state index < -0.39 is 29.1 Å². The molecule has 0 unspecified atom stereocenters. The highest BCUT2D eigenvalue weighted by Crippen LogP contribution is 2.34. The molecule has 30 heavy (non-hydrogen) atoms. The Morgan fingerprint density at radius 2 is 2.03 bits per heavy atom. The van der Waals surface area contributed by atoms with Crippen LogP contribution in [0.2, 0.25) is 0 Å². The van der Waals surface area contributed by atoms with Gasteiger partial charge >= 0.3 is 0 Å². The molecular formula is C22H23F2N3O3. The van der Waals surface area contributed by atoms with Crippen LogP contribution < -0.4 is 10.6 Å². The van der Waals surface area contributed by atoms with Gasteiger partial charge in [0.05, 0.1) is 12.5 Å². The molecule has 2 amide bonds. The number of hydrogen-bond donors (Lipinski definition) is 2. The number of amides is 2. The Bertz CT molecular complexity index is 940.